The number of para-hydroxylation sites is 5. The lowest BCUT2D eigenvalue weighted by atomic mass is 9.90. The van der Waals surface area contributed by atoms with Crippen LogP contribution in [0.5, 0.6) is 0 Å². The quantitative estimate of drug-likeness (QED) is 0.199. The molecule has 0 fully saturated rings. The van der Waals surface area contributed by atoms with Crippen molar-refractivity contribution < 1.29 is 0 Å². The molecule has 0 N–H and O–H groups in total. The van der Waals surface area contributed by atoms with Gasteiger partial charge in [0.05, 0.1) is 45.0 Å². The Kier molecular flexibility index (Phi) is 6.22. The summed E-state index contributed by atoms with van der Waals surface area (Å²) >= 11 is 0. The van der Waals surface area contributed by atoms with E-state index in [1.165, 1.54) is 10.8 Å². The zero-order chi connectivity index (χ0) is 32.2. The molecule has 2 aromatic heterocycles. The third-order valence-electron chi connectivity index (χ3n) is 9.39. The number of nitriles is 2. The van der Waals surface area contributed by atoms with Crippen molar-refractivity contribution in [1.82, 2.24) is 9.13 Å². The summed E-state index contributed by atoms with van der Waals surface area (Å²) in [5.41, 5.74) is 11.1. The van der Waals surface area contributed by atoms with Crippen molar-refractivity contribution in [3.05, 3.63) is 169 Å². The molecule has 222 valence electrons. The molecular formula is C44H26N4. The molecular weight excluding hydrogens is 585 g/mol. The van der Waals surface area contributed by atoms with Gasteiger partial charge in [0.1, 0.15) is 6.07 Å². The van der Waals surface area contributed by atoms with Crippen LogP contribution in [0.1, 0.15) is 11.1 Å². The van der Waals surface area contributed by atoms with Gasteiger partial charge in [0.2, 0.25) is 0 Å². The van der Waals surface area contributed by atoms with Gasteiger partial charge in [-0.05, 0) is 71.3 Å². The Morgan fingerprint density at radius 2 is 0.938 bits per heavy atom. The van der Waals surface area contributed by atoms with Gasteiger partial charge in [0, 0.05) is 32.8 Å². The number of aromatic nitrogens is 2. The topological polar surface area (TPSA) is 57.4 Å². The summed E-state index contributed by atoms with van der Waals surface area (Å²) in [6.45, 7) is 0. The number of fused-ring (bicyclic) bond motifs is 6. The summed E-state index contributed by atoms with van der Waals surface area (Å²) < 4.78 is 4.52. The zero-order valence-electron chi connectivity index (χ0n) is 25.8. The molecule has 0 aliphatic rings. The molecule has 4 heteroatoms. The van der Waals surface area contributed by atoms with E-state index < -0.39 is 0 Å². The molecule has 0 saturated carbocycles. The summed E-state index contributed by atoms with van der Waals surface area (Å²) in [4.78, 5) is 0. The van der Waals surface area contributed by atoms with Crippen LogP contribution in [0.25, 0.3) is 77.2 Å². The van der Waals surface area contributed by atoms with Crippen molar-refractivity contribution in [2.45, 2.75) is 0 Å². The van der Waals surface area contributed by atoms with Gasteiger partial charge in [-0.3, -0.25) is 0 Å². The predicted octanol–water partition coefficient (Wildman–Crippen LogP) is 11.0. The molecule has 0 unspecified atom stereocenters. The summed E-state index contributed by atoms with van der Waals surface area (Å²) in [6, 6.07) is 58.8. The highest BCUT2D eigenvalue weighted by Gasteiger charge is 2.21. The number of rotatable bonds is 4. The minimum atomic E-state index is 0.575. The van der Waals surface area contributed by atoms with E-state index in [4.69, 9.17) is 0 Å². The molecule has 0 radical (unpaired) electrons. The number of hydrogen-bond acceptors (Lipinski definition) is 2. The Morgan fingerprint density at radius 1 is 0.396 bits per heavy atom. The van der Waals surface area contributed by atoms with Crippen molar-refractivity contribution in [3.63, 3.8) is 0 Å². The van der Waals surface area contributed by atoms with Crippen molar-refractivity contribution >= 4 is 43.6 Å². The van der Waals surface area contributed by atoms with Crippen LogP contribution >= 0.6 is 0 Å². The van der Waals surface area contributed by atoms with E-state index in [0.717, 1.165) is 66.5 Å². The highest BCUT2D eigenvalue weighted by molar-refractivity contribution is 6.11. The monoisotopic (exact) mass is 610 g/mol. The molecule has 0 saturated heterocycles. The molecule has 9 rings (SSSR count). The number of benzene rings is 7. The Bertz CT molecular complexity index is 2710. The second kappa shape index (κ2) is 10.9. The Balaban J connectivity index is 1.32. The molecule has 0 bridgehead atoms. The van der Waals surface area contributed by atoms with E-state index in [-0.39, 0.29) is 0 Å². The van der Waals surface area contributed by atoms with Gasteiger partial charge < -0.3 is 9.13 Å². The van der Waals surface area contributed by atoms with Crippen LogP contribution in [0, 0.1) is 22.7 Å². The molecule has 48 heavy (non-hydrogen) atoms. The SMILES string of the molecule is N#Cc1ccc(-c2cccc(C#N)c2-n2c3ccccc3c3ccccc32)c(-c2cccc(-n3c4ccccc4c4ccccc43)c2)c1. The Hall–Kier alpha value is -6.88. The lowest BCUT2D eigenvalue weighted by Crippen LogP contribution is -2.02. The fraction of sp³-hybridized carbons (Fsp3) is 0. The molecule has 7 aromatic carbocycles. The van der Waals surface area contributed by atoms with Crippen LogP contribution < -0.4 is 0 Å². The van der Waals surface area contributed by atoms with E-state index in [1.807, 2.05) is 42.5 Å². The maximum absolute atomic E-state index is 10.5. The molecule has 0 aliphatic carbocycles. The average molecular weight is 611 g/mol. The average Bonchev–Trinajstić information content (AvgIpc) is 3.67. The maximum atomic E-state index is 10.5. The highest BCUT2D eigenvalue weighted by atomic mass is 15.0. The summed E-state index contributed by atoms with van der Waals surface area (Å²) in [5.74, 6) is 0. The van der Waals surface area contributed by atoms with Crippen molar-refractivity contribution in [2.75, 3.05) is 0 Å². The third-order valence-corrected chi connectivity index (χ3v) is 9.39. The van der Waals surface area contributed by atoms with Crippen molar-refractivity contribution in [2.24, 2.45) is 0 Å². The smallest absolute Gasteiger partial charge is 0.101 e. The summed E-state index contributed by atoms with van der Waals surface area (Å²) in [5, 5.41) is 25.2. The van der Waals surface area contributed by atoms with Gasteiger partial charge in [0.15, 0.2) is 0 Å². The van der Waals surface area contributed by atoms with E-state index in [2.05, 4.69) is 137 Å². The van der Waals surface area contributed by atoms with Gasteiger partial charge in [-0.2, -0.15) is 10.5 Å². The molecule has 0 aliphatic heterocycles. The Morgan fingerprint density at radius 3 is 1.50 bits per heavy atom. The molecule has 0 atom stereocenters. The van der Waals surface area contributed by atoms with E-state index in [9.17, 15) is 10.5 Å². The predicted molar refractivity (Wildman–Crippen MR) is 195 cm³/mol. The highest BCUT2D eigenvalue weighted by Crippen LogP contribution is 2.42. The second-order valence-corrected chi connectivity index (χ2v) is 12.0. The standard InChI is InChI=1S/C44H26N4/c45-27-29-23-24-33(38-18-10-12-31(28-46)44(38)48-42-21-7-3-16-36(42)37-17-4-8-22-43(37)48)39(25-29)30-11-9-13-32(26-30)47-40-19-5-1-14-34(40)35-15-2-6-20-41(35)47/h1-26H. The van der Waals surface area contributed by atoms with Crippen LogP contribution in [0.4, 0.5) is 0 Å². The molecule has 9 aromatic rings. The first-order valence-corrected chi connectivity index (χ1v) is 15.9. The second-order valence-electron chi connectivity index (χ2n) is 12.0. The van der Waals surface area contributed by atoms with Crippen LogP contribution in [0.3, 0.4) is 0 Å². The van der Waals surface area contributed by atoms with Crippen molar-refractivity contribution in [3.8, 4) is 45.8 Å². The van der Waals surface area contributed by atoms with Crippen LogP contribution in [-0.2, 0) is 0 Å². The van der Waals surface area contributed by atoms with Gasteiger partial charge in [-0.15, -0.1) is 0 Å². The number of nitrogens with zero attached hydrogens (tertiary/aromatic N) is 4. The van der Waals surface area contributed by atoms with Crippen LogP contribution in [0.2, 0.25) is 0 Å². The largest absolute Gasteiger partial charge is 0.309 e. The van der Waals surface area contributed by atoms with E-state index in [0.29, 0.717) is 11.1 Å². The first-order chi connectivity index (χ1) is 23.7. The lowest BCUT2D eigenvalue weighted by molar-refractivity contribution is 1.17. The molecule has 0 amide bonds. The first-order valence-electron chi connectivity index (χ1n) is 15.9. The van der Waals surface area contributed by atoms with Gasteiger partial charge >= 0.3 is 0 Å². The summed E-state index contributed by atoms with van der Waals surface area (Å²) in [6.07, 6.45) is 0. The zero-order valence-corrected chi connectivity index (χ0v) is 25.8. The normalized spacial score (nSPS) is 11.3. The van der Waals surface area contributed by atoms with Crippen LogP contribution in [-0.4, -0.2) is 9.13 Å². The maximum Gasteiger partial charge on any atom is 0.101 e. The van der Waals surface area contributed by atoms with Gasteiger partial charge in [-0.25, -0.2) is 0 Å². The third kappa shape index (κ3) is 4.07. The fourth-order valence-electron chi connectivity index (χ4n) is 7.36. The van der Waals surface area contributed by atoms with E-state index in [1.54, 1.807) is 0 Å². The minimum Gasteiger partial charge on any atom is -0.309 e. The minimum absolute atomic E-state index is 0.575. The fourth-order valence-corrected chi connectivity index (χ4v) is 7.36. The van der Waals surface area contributed by atoms with Crippen molar-refractivity contribution in [1.29, 1.82) is 10.5 Å². The summed E-state index contributed by atoms with van der Waals surface area (Å²) in [7, 11) is 0. The first kappa shape index (κ1) is 27.4. The van der Waals surface area contributed by atoms with Crippen LogP contribution in [0.15, 0.2) is 158 Å². The molecule has 0 spiro atoms. The van der Waals surface area contributed by atoms with Gasteiger partial charge in [-0.1, -0.05) is 103 Å². The van der Waals surface area contributed by atoms with E-state index >= 15 is 0 Å². The Labute approximate surface area is 277 Å². The number of hydrogen-bond donors (Lipinski definition) is 0. The molecule has 4 nitrogen and oxygen atoms in total. The van der Waals surface area contributed by atoms with Gasteiger partial charge in [0.25, 0.3) is 0 Å². The molecule has 2 heterocycles. The lowest BCUT2D eigenvalue weighted by Gasteiger charge is -2.19.